The molecule has 98 valence electrons. The minimum Gasteiger partial charge on any atom is -0.508 e. The summed E-state index contributed by atoms with van der Waals surface area (Å²) in [4.78, 5) is 21.3. The van der Waals surface area contributed by atoms with Crippen molar-refractivity contribution in [2.45, 2.75) is 19.4 Å². The van der Waals surface area contributed by atoms with E-state index in [0.29, 0.717) is 0 Å². The van der Waals surface area contributed by atoms with Gasteiger partial charge in [-0.1, -0.05) is 0 Å². The molecule has 0 aliphatic carbocycles. The molecule has 0 radical (unpaired) electrons. The Morgan fingerprint density at radius 1 is 1.61 bits per heavy atom. The lowest BCUT2D eigenvalue weighted by Crippen LogP contribution is -2.34. The van der Waals surface area contributed by atoms with Crippen molar-refractivity contribution in [3.8, 4) is 5.75 Å². The number of ether oxygens (including phenoxy) is 1. The molecule has 0 saturated heterocycles. The highest BCUT2D eigenvalue weighted by Crippen LogP contribution is 2.23. The lowest BCUT2D eigenvalue weighted by molar-refractivity contribution is -0.384. The van der Waals surface area contributed by atoms with E-state index in [1.165, 1.54) is 18.2 Å². The highest BCUT2D eigenvalue weighted by molar-refractivity contribution is 5.76. The molecule has 1 aromatic carbocycles. The van der Waals surface area contributed by atoms with Crippen LogP contribution in [0.1, 0.15) is 12.5 Å². The average molecular weight is 254 g/mol. The zero-order valence-electron chi connectivity index (χ0n) is 9.83. The number of aromatic hydroxyl groups is 1. The van der Waals surface area contributed by atoms with E-state index in [9.17, 15) is 20.0 Å². The van der Waals surface area contributed by atoms with E-state index in [0.717, 1.165) is 0 Å². The third-order valence-electron chi connectivity index (χ3n) is 2.30. The Morgan fingerprint density at radius 2 is 2.28 bits per heavy atom. The highest BCUT2D eigenvalue weighted by Gasteiger charge is 2.19. The molecule has 0 bridgehead atoms. The standard InChI is InChI=1S/C11H14N2O5/c1-2-18-11(15)9(12)6-7-5-8(13(16)17)3-4-10(7)14/h3-5,9,14H,2,6,12H2,1H3/t9-/m0/s1. The zero-order valence-corrected chi connectivity index (χ0v) is 9.83. The fourth-order valence-electron chi connectivity index (χ4n) is 1.42. The van der Waals surface area contributed by atoms with Crippen LogP contribution in [-0.4, -0.2) is 28.6 Å². The third kappa shape index (κ3) is 3.42. The van der Waals surface area contributed by atoms with Gasteiger partial charge in [0.15, 0.2) is 0 Å². The second-order valence-electron chi connectivity index (χ2n) is 3.63. The summed E-state index contributed by atoms with van der Waals surface area (Å²) in [6.45, 7) is 1.85. The van der Waals surface area contributed by atoms with Crippen LogP contribution in [0, 0.1) is 10.1 Å². The van der Waals surface area contributed by atoms with E-state index in [1.807, 2.05) is 0 Å². The minimum absolute atomic E-state index is 0.0215. The molecule has 0 amide bonds. The summed E-state index contributed by atoms with van der Waals surface area (Å²) in [7, 11) is 0. The number of nitrogens with two attached hydrogens (primary N) is 1. The average Bonchev–Trinajstić information content (AvgIpc) is 2.31. The van der Waals surface area contributed by atoms with Gasteiger partial charge in [0.2, 0.25) is 0 Å². The number of phenolic OH excluding ortho intramolecular Hbond substituents is 1. The first-order chi connectivity index (χ1) is 8.45. The molecule has 1 atom stereocenters. The summed E-state index contributed by atoms with van der Waals surface area (Å²) in [5, 5.41) is 20.1. The first kappa shape index (κ1) is 13.9. The number of hydrogen-bond donors (Lipinski definition) is 2. The molecule has 0 aliphatic heterocycles. The number of nitrogens with zero attached hydrogens (tertiary/aromatic N) is 1. The fraction of sp³-hybridized carbons (Fsp3) is 0.364. The number of hydrogen-bond acceptors (Lipinski definition) is 6. The largest absolute Gasteiger partial charge is 0.508 e. The SMILES string of the molecule is CCOC(=O)[C@@H](N)Cc1cc([N+](=O)[O-])ccc1O. The van der Waals surface area contributed by atoms with Gasteiger partial charge in [0.05, 0.1) is 11.5 Å². The predicted molar refractivity (Wildman–Crippen MR) is 63.1 cm³/mol. The maximum absolute atomic E-state index is 11.3. The first-order valence-corrected chi connectivity index (χ1v) is 5.34. The molecule has 0 fully saturated rings. The Balaban J connectivity index is 2.86. The van der Waals surface area contributed by atoms with Crippen LogP contribution in [0.4, 0.5) is 5.69 Å². The van der Waals surface area contributed by atoms with Crippen LogP contribution in [0.2, 0.25) is 0 Å². The maximum atomic E-state index is 11.3. The maximum Gasteiger partial charge on any atom is 0.323 e. The number of nitro benzene ring substituents is 1. The van der Waals surface area contributed by atoms with Crippen LogP contribution in [0.15, 0.2) is 18.2 Å². The molecule has 1 aromatic rings. The quantitative estimate of drug-likeness (QED) is 0.454. The summed E-state index contributed by atoms with van der Waals surface area (Å²) in [5.41, 5.74) is 5.65. The molecule has 0 heterocycles. The van der Waals surface area contributed by atoms with Crippen LogP contribution in [0.25, 0.3) is 0 Å². The Bertz CT molecular complexity index is 461. The molecule has 0 spiro atoms. The van der Waals surface area contributed by atoms with Crippen molar-refractivity contribution in [1.82, 2.24) is 0 Å². The van der Waals surface area contributed by atoms with Gasteiger partial charge in [-0.25, -0.2) is 0 Å². The number of carbonyl (C=O) groups is 1. The molecule has 7 heteroatoms. The zero-order chi connectivity index (χ0) is 13.7. The lowest BCUT2D eigenvalue weighted by atomic mass is 10.0. The molecule has 0 aliphatic rings. The van der Waals surface area contributed by atoms with Crippen molar-refractivity contribution < 1.29 is 19.6 Å². The van der Waals surface area contributed by atoms with Gasteiger partial charge in [-0.3, -0.25) is 14.9 Å². The van der Waals surface area contributed by atoms with Gasteiger partial charge in [0, 0.05) is 24.1 Å². The summed E-state index contributed by atoms with van der Waals surface area (Å²) in [6.07, 6.45) is -0.0215. The fourth-order valence-corrected chi connectivity index (χ4v) is 1.42. The molecular weight excluding hydrogens is 240 g/mol. The van der Waals surface area contributed by atoms with Crippen LogP contribution >= 0.6 is 0 Å². The van der Waals surface area contributed by atoms with E-state index >= 15 is 0 Å². The molecule has 1 rings (SSSR count). The monoisotopic (exact) mass is 254 g/mol. The molecule has 18 heavy (non-hydrogen) atoms. The number of nitro groups is 1. The van der Waals surface area contributed by atoms with Crippen molar-refractivity contribution in [1.29, 1.82) is 0 Å². The van der Waals surface area contributed by atoms with E-state index in [1.54, 1.807) is 6.92 Å². The van der Waals surface area contributed by atoms with E-state index in [2.05, 4.69) is 0 Å². The summed E-state index contributed by atoms with van der Waals surface area (Å²) in [5.74, 6) is -0.747. The molecular formula is C11H14N2O5. The summed E-state index contributed by atoms with van der Waals surface area (Å²) in [6, 6.07) is 2.60. The van der Waals surface area contributed by atoms with Gasteiger partial charge in [0.1, 0.15) is 11.8 Å². The predicted octanol–water partition coefficient (Wildman–Crippen LogP) is 0.733. The van der Waals surface area contributed by atoms with Crippen LogP contribution in [0.3, 0.4) is 0 Å². The van der Waals surface area contributed by atoms with Gasteiger partial charge in [-0.05, 0) is 13.0 Å². The van der Waals surface area contributed by atoms with Gasteiger partial charge in [-0.15, -0.1) is 0 Å². The number of carbonyl (C=O) groups excluding carboxylic acids is 1. The van der Waals surface area contributed by atoms with E-state index in [-0.39, 0.29) is 30.0 Å². The second kappa shape index (κ2) is 5.97. The summed E-state index contributed by atoms with van der Waals surface area (Å²) >= 11 is 0. The molecule has 7 nitrogen and oxygen atoms in total. The normalized spacial score (nSPS) is 11.9. The molecule has 3 N–H and O–H groups in total. The number of rotatable bonds is 5. The Labute approximate surface area is 103 Å². The Kier molecular flexibility index (Phi) is 4.61. The topological polar surface area (TPSA) is 116 Å². The van der Waals surface area contributed by atoms with Crippen LogP contribution in [-0.2, 0) is 16.0 Å². The van der Waals surface area contributed by atoms with Gasteiger partial charge >= 0.3 is 5.97 Å². The van der Waals surface area contributed by atoms with Crippen LogP contribution in [0.5, 0.6) is 5.75 Å². The first-order valence-electron chi connectivity index (χ1n) is 5.34. The van der Waals surface area contributed by atoms with Gasteiger partial charge in [0.25, 0.3) is 5.69 Å². The Hall–Kier alpha value is -2.15. The van der Waals surface area contributed by atoms with Gasteiger partial charge in [-0.2, -0.15) is 0 Å². The number of esters is 1. The smallest absolute Gasteiger partial charge is 0.323 e. The number of benzene rings is 1. The van der Waals surface area contributed by atoms with E-state index in [4.69, 9.17) is 10.5 Å². The highest BCUT2D eigenvalue weighted by atomic mass is 16.6. The molecule has 0 unspecified atom stereocenters. The lowest BCUT2D eigenvalue weighted by Gasteiger charge is -2.11. The van der Waals surface area contributed by atoms with Crippen LogP contribution < -0.4 is 5.73 Å². The van der Waals surface area contributed by atoms with E-state index < -0.39 is 16.9 Å². The van der Waals surface area contributed by atoms with Crippen molar-refractivity contribution in [3.05, 3.63) is 33.9 Å². The minimum atomic E-state index is -0.960. The number of phenols is 1. The summed E-state index contributed by atoms with van der Waals surface area (Å²) < 4.78 is 4.71. The van der Waals surface area contributed by atoms with Crippen molar-refractivity contribution in [2.75, 3.05) is 6.61 Å². The van der Waals surface area contributed by atoms with Gasteiger partial charge < -0.3 is 15.6 Å². The van der Waals surface area contributed by atoms with Crippen molar-refractivity contribution >= 4 is 11.7 Å². The Morgan fingerprint density at radius 3 is 2.83 bits per heavy atom. The van der Waals surface area contributed by atoms with Crippen molar-refractivity contribution in [2.24, 2.45) is 5.73 Å². The third-order valence-corrected chi connectivity index (χ3v) is 2.30. The van der Waals surface area contributed by atoms with Crippen molar-refractivity contribution in [3.63, 3.8) is 0 Å². The molecule has 0 saturated carbocycles. The molecule has 0 aromatic heterocycles. The second-order valence-corrected chi connectivity index (χ2v) is 3.63. The number of non-ortho nitro benzene ring substituents is 1.